The van der Waals surface area contributed by atoms with E-state index in [2.05, 4.69) is 31.0 Å². The van der Waals surface area contributed by atoms with Crippen molar-refractivity contribution in [3.63, 3.8) is 0 Å². The first-order valence-corrected chi connectivity index (χ1v) is 6.54. The lowest BCUT2D eigenvalue weighted by Gasteiger charge is -2.08. The number of nitrogens with two attached hydrogens (primary N) is 1. The van der Waals surface area contributed by atoms with Gasteiger partial charge in [0.05, 0.1) is 5.69 Å². The lowest BCUT2D eigenvalue weighted by Crippen LogP contribution is -2.03. The van der Waals surface area contributed by atoms with Crippen LogP contribution in [0.3, 0.4) is 0 Å². The summed E-state index contributed by atoms with van der Waals surface area (Å²) < 4.78 is 7.69. The summed E-state index contributed by atoms with van der Waals surface area (Å²) in [5.41, 5.74) is 7.77. The Hall–Kier alpha value is -1.81. The third kappa shape index (κ3) is 3.35. The van der Waals surface area contributed by atoms with Crippen molar-refractivity contribution >= 4 is 0 Å². The number of aromatic nitrogens is 2. The van der Waals surface area contributed by atoms with E-state index in [0.717, 1.165) is 17.3 Å². The number of hydrogen-bond donors (Lipinski definition) is 1. The van der Waals surface area contributed by atoms with Gasteiger partial charge in [0.1, 0.15) is 18.2 Å². The molecule has 4 heteroatoms. The van der Waals surface area contributed by atoms with Gasteiger partial charge in [0, 0.05) is 19.8 Å². The highest BCUT2D eigenvalue weighted by Crippen LogP contribution is 2.19. The highest BCUT2D eigenvalue weighted by atomic mass is 16.5. The zero-order valence-electron chi connectivity index (χ0n) is 11.8. The van der Waals surface area contributed by atoms with Crippen LogP contribution in [0.25, 0.3) is 0 Å². The van der Waals surface area contributed by atoms with E-state index in [-0.39, 0.29) is 0 Å². The minimum absolute atomic E-state index is 0.455. The van der Waals surface area contributed by atoms with Gasteiger partial charge >= 0.3 is 0 Å². The Kier molecular flexibility index (Phi) is 4.22. The number of benzene rings is 1. The van der Waals surface area contributed by atoms with Crippen molar-refractivity contribution in [3.8, 4) is 5.75 Å². The van der Waals surface area contributed by atoms with E-state index in [1.807, 2.05) is 29.9 Å². The minimum Gasteiger partial charge on any atom is -0.486 e. The second kappa shape index (κ2) is 5.89. The van der Waals surface area contributed by atoms with Crippen LogP contribution >= 0.6 is 0 Å². The fourth-order valence-electron chi connectivity index (χ4n) is 1.90. The first-order chi connectivity index (χ1) is 9.10. The van der Waals surface area contributed by atoms with Gasteiger partial charge in [0.15, 0.2) is 0 Å². The maximum absolute atomic E-state index is 5.74. The van der Waals surface area contributed by atoms with Gasteiger partial charge in [-0.1, -0.05) is 26.0 Å². The zero-order valence-corrected chi connectivity index (χ0v) is 11.8. The molecule has 0 spiro atoms. The number of hydrogen-bond acceptors (Lipinski definition) is 3. The summed E-state index contributed by atoms with van der Waals surface area (Å²) in [6.45, 7) is 5.27. The molecule has 0 fully saturated rings. The molecule has 1 heterocycles. The normalized spacial score (nSPS) is 11.0. The molecule has 102 valence electrons. The number of ether oxygens (including phenoxy) is 1. The van der Waals surface area contributed by atoms with Gasteiger partial charge in [-0.2, -0.15) is 0 Å². The largest absolute Gasteiger partial charge is 0.486 e. The predicted octanol–water partition coefficient (Wildman–Crippen LogP) is 2.58. The van der Waals surface area contributed by atoms with E-state index in [1.165, 1.54) is 5.56 Å². The van der Waals surface area contributed by atoms with Gasteiger partial charge in [-0.25, -0.2) is 4.98 Å². The highest BCUT2D eigenvalue weighted by molar-refractivity contribution is 5.28. The Bertz CT molecular complexity index is 529. The molecule has 0 radical (unpaired) electrons. The first-order valence-electron chi connectivity index (χ1n) is 6.54. The van der Waals surface area contributed by atoms with E-state index in [4.69, 9.17) is 10.5 Å². The fraction of sp³-hybridized carbons (Fsp3) is 0.400. The molecule has 0 aliphatic rings. The lowest BCUT2D eigenvalue weighted by molar-refractivity contribution is 0.291. The Morgan fingerprint density at radius 1 is 1.26 bits per heavy atom. The molecule has 2 aromatic rings. The molecule has 19 heavy (non-hydrogen) atoms. The third-order valence-corrected chi connectivity index (χ3v) is 3.15. The molecular formula is C15H21N3O. The van der Waals surface area contributed by atoms with Crippen LogP contribution in [0.2, 0.25) is 0 Å². The first kappa shape index (κ1) is 13.6. The van der Waals surface area contributed by atoms with Crippen molar-refractivity contribution in [3.05, 3.63) is 47.5 Å². The molecular weight excluding hydrogens is 238 g/mol. The number of nitrogens with zero attached hydrogens (tertiary/aromatic N) is 2. The van der Waals surface area contributed by atoms with Crippen molar-refractivity contribution in [2.75, 3.05) is 0 Å². The van der Waals surface area contributed by atoms with Crippen molar-refractivity contribution in [2.45, 2.75) is 32.9 Å². The van der Waals surface area contributed by atoms with Gasteiger partial charge in [0.2, 0.25) is 0 Å². The van der Waals surface area contributed by atoms with Crippen LogP contribution in [0, 0.1) is 0 Å². The molecule has 1 aromatic carbocycles. The zero-order chi connectivity index (χ0) is 13.8. The molecule has 2 rings (SSSR count). The van der Waals surface area contributed by atoms with Crippen molar-refractivity contribution in [1.82, 2.24) is 9.55 Å². The van der Waals surface area contributed by atoms with Crippen LogP contribution in [0.1, 0.15) is 36.8 Å². The predicted molar refractivity (Wildman–Crippen MR) is 76.0 cm³/mol. The van der Waals surface area contributed by atoms with Crippen LogP contribution in [-0.4, -0.2) is 9.55 Å². The lowest BCUT2D eigenvalue weighted by atomic mass is 10.0. The molecule has 0 aliphatic heterocycles. The summed E-state index contributed by atoms with van der Waals surface area (Å²) in [6.07, 6.45) is 1.93. The van der Waals surface area contributed by atoms with E-state index >= 15 is 0 Å². The number of rotatable bonds is 5. The molecule has 2 N–H and O–H groups in total. The van der Waals surface area contributed by atoms with Crippen LogP contribution in [0.15, 0.2) is 30.5 Å². The summed E-state index contributed by atoms with van der Waals surface area (Å²) in [6, 6.07) is 8.21. The van der Waals surface area contributed by atoms with Crippen LogP contribution in [-0.2, 0) is 20.2 Å². The molecule has 0 aliphatic carbocycles. The van der Waals surface area contributed by atoms with E-state index in [9.17, 15) is 0 Å². The Balaban J connectivity index is 1.99. The molecule has 1 aromatic heterocycles. The molecule has 0 amide bonds. The van der Waals surface area contributed by atoms with Crippen LogP contribution in [0.4, 0.5) is 0 Å². The third-order valence-electron chi connectivity index (χ3n) is 3.15. The van der Waals surface area contributed by atoms with Crippen LogP contribution < -0.4 is 10.5 Å². The highest BCUT2D eigenvalue weighted by Gasteiger charge is 2.05. The standard InChI is InChI=1S/C15H21N3O/c1-11(2)12-4-6-14(7-5-12)19-10-15-17-13(8-16)9-18(15)3/h4-7,9,11H,8,10,16H2,1-3H3. The smallest absolute Gasteiger partial charge is 0.146 e. The average Bonchev–Trinajstić information content (AvgIpc) is 2.77. The quantitative estimate of drug-likeness (QED) is 0.898. The van der Waals surface area contributed by atoms with Gasteiger partial charge < -0.3 is 15.0 Å². The van der Waals surface area contributed by atoms with E-state index in [1.54, 1.807) is 0 Å². The topological polar surface area (TPSA) is 53.1 Å². The molecule has 0 saturated carbocycles. The van der Waals surface area contributed by atoms with Crippen molar-refractivity contribution < 1.29 is 4.74 Å². The Labute approximate surface area is 114 Å². The summed E-state index contributed by atoms with van der Waals surface area (Å²) in [5, 5.41) is 0. The van der Waals surface area contributed by atoms with E-state index < -0.39 is 0 Å². The maximum atomic E-state index is 5.74. The van der Waals surface area contributed by atoms with Gasteiger partial charge in [-0.15, -0.1) is 0 Å². The second-order valence-electron chi connectivity index (χ2n) is 4.98. The molecule has 0 saturated heterocycles. The second-order valence-corrected chi connectivity index (χ2v) is 4.98. The fourth-order valence-corrected chi connectivity index (χ4v) is 1.90. The molecule has 0 bridgehead atoms. The van der Waals surface area contributed by atoms with Gasteiger partial charge in [-0.3, -0.25) is 0 Å². The minimum atomic E-state index is 0.455. The molecule has 0 atom stereocenters. The monoisotopic (exact) mass is 259 g/mol. The van der Waals surface area contributed by atoms with Crippen LogP contribution in [0.5, 0.6) is 5.75 Å². The summed E-state index contributed by atoms with van der Waals surface area (Å²) in [5.74, 6) is 2.28. The summed E-state index contributed by atoms with van der Waals surface area (Å²) in [7, 11) is 1.95. The molecule has 4 nitrogen and oxygen atoms in total. The Morgan fingerprint density at radius 3 is 2.47 bits per heavy atom. The Morgan fingerprint density at radius 2 is 1.95 bits per heavy atom. The molecule has 0 unspecified atom stereocenters. The average molecular weight is 259 g/mol. The van der Waals surface area contributed by atoms with Gasteiger partial charge in [0.25, 0.3) is 0 Å². The summed E-state index contributed by atoms with van der Waals surface area (Å²) >= 11 is 0. The van der Waals surface area contributed by atoms with E-state index in [0.29, 0.717) is 19.1 Å². The number of imidazole rings is 1. The van der Waals surface area contributed by atoms with Gasteiger partial charge in [-0.05, 0) is 23.6 Å². The SMILES string of the molecule is CC(C)c1ccc(OCc2nc(CN)cn2C)cc1. The van der Waals surface area contributed by atoms with Crippen molar-refractivity contribution in [2.24, 2.45) is 12.8 Å². The summed E-state index contributed by atoms with van der Waals surface area (Å²) in [4.78, 5) is 4.40. The maximum Gasteiger partial charge on any atom is 0.146 e. The number of aryl methyl sites for hydroxylation is 1. The van der Waals surface area contributed by atoms with Crippen molar-refractivity contribution in [1.29, 1.82) is 0 Å².